The lowest BCUT2D eigenvalue weighted by molar-refractivity contribution is 0.0514. The molecule has 0 radical (unpaired) electrons. The molecular formula is C22H28ClFIN3O. The van der Waals surface area contributed by atoms with Crippen LogP contribution in [-0.2, 0) is 16.6 Å². The molecule has 0 aliphatic carbocycles. The van der Waals surface area contributed by atoms with Gasteiger partial charge in [-0.15, -0.1) is 24.0 Å². The van der Waals surface area contributed by atoms with Crippen LogP contribution in [0.4, 0.5) is 4.39 Å². The second-order valence-electron chi connectivity index (χ2n) is 7.14. The molecule has 2 aromatic carbocycles. The third-order valence-electron chi connectivity index (χ3n) is 5.30. The van der Waals surface area contributed by atoms with Crippen molar-refractivity contribution in [2.75, 3.05) is 33.4 Å². The van der Waals surface area contributed by atoms with Crippen molar-refractivity contribution >= 4 is 41.5 Å². The van der Waals surface area contributed by atoms with Crippen molar-refractivity contribution in [3.8, 4) is 0 Å². The number of aliphatic imine (C=N–C) groups is 1. The second-order valence-corrected chi connectivity index (χ2v) is 7.57. The van der Waals surface area contributed by atoms with Crippen LogP contribution in [0.2, 0.25) is 5.02 Å². The van der Waals surface area contributed by atoms with Gasteiger partial charge in [0.2, 0.25) is 0 Å². The van der Waals surface area contributed by atoms with Crippen LogP contribution in [0, 0.1) is 5.82 Å². The van der Waals surface area contributed by atoms with Crippen LogP contribution >= 0.6 is 35.6 Å². The van der Waals surface area contributed by atoms with Crippen LogP contribution in [0.25, 0.3) is 0 Å². The number of nitrogens with zero attached hydrogens (tertiary/aromatic N) is 1. The summed E-state index contributed by atoms with van der Waals surface area (Å²) in [5, 5.41) is 7.53. The molecule has 2 aromatic rings. The zero-order chi connectivity index (χ0) is 19.8. The molecule has 1 aliphatic rings. The van der Waals surface area contributed by atoms with Gasteiger partial charge < -0.3 is 15.4 Å². The van der Waals surface area contributed by atoms with Gasteiger partial charge in [-0.05, 0) is 54.7 Å². The van der Waals surface area contributed by atoms with Crippen LogP contribution in [0.1, 0.15) is 24.0 Å². The largest absolute Gasteiger partial charge is 0.381 e. The van der Waals surface area contributed by atoms with E-state index < -0.39 is 0 Å². The highest BCUT2D eigenvalue weighted by molar-refractivity contribution is 14.0. The molecule has 0 unspecified atom stereocenters. The van der Waals surface area contributed by atoms with Gasteiger partial charge >= 0.3 is 0 Å². The van der Waals surface area contributed by atoms with Crippen LogP contribution < -0.4 is 10.6 Å². The minimum atomic E-state index is -0.206. The molecule has 158 valence electrons. The maximum atomic E-state index is 13.3. The van der Waals surface area contributed by atoms with Crippen molar-refractivity contribution in [3.05, 3.63) is 70.5 Å². The number of nitrogens with one attached hydrogen (secondary N) is 2. The van der Waals surface area contributed by atoms with E-state index in [0.29, 0.717) is 6.54 Å². The Balaban J connectivity index is 0.00000300. The smallest absolute Gasteiger partial charge is 0.191 e. The van der Waals surface area contributed by atoms with Crippen LogP contribution in [0.5, 0.6) is 0 Å². The predicted octanol–water partition coefficient (Wildman–Crippen LogP) is 4.55. The number of guanidine groups is 1. The van der Waals surface area contributed by atoms with Gasteiger partial charge in [-0.1, -0.05) is 35.9 Å². The van der Waals surface area contributed by atoms with Gasteiger partial charge in [0.25, 0.3) is 0 Å². The minimum absolute atomic E-state index is 0. The topological polar surface area (TPSA) is 45.7 Å². The van der Waals surface area contributed by atoms with Crippen LogP contribution in [-0.4, -0.2) is 39.3 Å². The first kappa shape index (κ1) is 23.9. The van der Waals surface area contributed by atoms with E-state index in [4.69, 9.17) is 16.3 Å². The van der Waals surface area contributed by atoms with E-state index >= 15 is 0 Å². The van der Waals surface area contributed by atoms with E-state index in [-0.39, 0.29) is 35.2 Å². The van der Waals surface area contributed by atoms with Gasteiger partial charge in [-0.2, -0.15) is 0 Å². The Morgan fingerprint density at radius 1 is 1.14 bits per heavy atom. The molecule has 0 aromatic heterocycles. The summed E-state index contributed by atoms with van der Waals surface area (Å²) in [4.78, 5) is 4.33. The molecule has 0 amide bonds. The van der Waals surface area contributed by atoms with E-state index in [1.54, 1.807) is 19.2 Å². The van der Waals surface area contributed by atoms with Gasteiger partial charge in [0, 0.05) is 43.8 Å². The molecule has 0 bridgehead atoms. The molecule has 3 rings (SSSR count). The van der Waals surface area contributed by atoms with Gasteiger partial charge in [-0.25, -0.2) is 4.39 Å². The highest BCUT2D eigenvalue weighted by atomic mass is 127. The standard InChI is InChI=1S/C22H27ClFN3O.HI/c1-25-21(26-11-8-17-4-2-7-20(24)14-17)27-16-22(9-12-28-13-10-22)18-5-3-6-19(23)15-18;/h2-7,14-15H,8-13,16H2,1H3,(H2,25,26,27);1H. The summed E-state index contributed by atoms with van der Waals surface area (Å²) in [6.45, 7) is 2.90. The Bertz CT molecular complexity index is 812. The third-order valence-corrected chi connectivity index (χ3v) is 5.53. The fraction of sp³-hybridized carbons (Fsp3) is 0.409. The summed E-state index contributed by atoms with van der Waals surface area (Å²) in [5.74, 6) is 0.535. The summed E-state index contributed by atoms with van der Waals surface area (Å²) < 4.78 is 18.9. The lowest BCUT2D eigenvalue weighted by atomic mass is 9.74. The number of ether oxygens (including phenoxy) is 1. The molecule has 4 nitrogen and oxygen atoms in total. The normalized spacial score (nSPS) is 16.0. The molecule has 29 heavy (non-hydrogen) atoms. The Hall–Kier alpha value is -1.38. The Morgan fingerprint density at radius 2 is 1.90 bits per heavy atom. The Labute approximate surface area is 194 Å². The molecule has 1 heterocycles. The van der Waals surface area contributed by atoms with Crippen LogP contribution in [0.3, 0.4) is 0 Å². The number of hydrogen-bond donors (Lipinski definition) is 2. The van der Waals surface area contributed by atoms with E-state index in [0.717, 1.165) is 55.6 Å². The van der Waals surface area contributed by atoms with Gasteiger partial charge in [-0.3, -0.25) is 4.99 Å². The number of hydrogen-bond acceptors (Lipinski definition) is 2. The van der Waals surface area contributed by atoms with Crippen molar-refractivity contribution in [2.45, 2.75) is 24.7 Å². The average molecular weight is 532 g/mol. The highest BCUT2D eigenvalue weighted by Crippen LogP contribution is 2.35. The van der Waals surface area contributed by atoms with Gasteiger partial charge in [0.05, 0.1) is 0 Å². The first-order valence-electron chi connectivity index (χ1n) is 9.64. The molecule has 1 fully saturated rings. The summed E-state index contributed by atoms with van der Waals surface area (Å²) in [5.41, 5.74) is 2.15. The monoisotopic (exact) mass is 531 g/mol. The quantitative estimate of drug-likeness (QED) is 0.327. The van der Waals surface area contributed by atoms with E-state index in [1.807, 2.05) is 18.2 Å². The summed E-state index contributed by atoms with van der Waals surface area (Å²) in [7, 11) is 1.76. The summed E-state index contributed by atoms with van der Waals surface area (Å²) >= 11 is 6.24. The predicted molar refractivity (Wildman–Crippen MR) is 128 cm³/mol. The lowest BCUT2D eigenvalue weighted by Gasteiger charge is -2.38. The van der Waals surface area contributed by atoms with E-state index in [2.05, 4.69) is 27.8 Å². The zero-order valence-corrected chi connectivity index (χ0v) is 19.7. The molecule has 0 atom stereocenters. The van der Waals surface area contributed by atoms with Crippen molar-refractivity contribution in [1.29, 1.82) is 0 Å². The first-order valence-corrected chi connectivity index (χ1v) is 10.0. The Morgan fingerprint density at radius 3 is 2.59 bits per heavy atom. The number of rotatable bonds is 6. The molecule has 1 saturated heterocycles. The van der Waals surface area contributed by atoms with Crippen molar-refractivity contribution in [1.82, 2.24) is 10.6 Å². The summed E-state index contributed by atoms with van der Waals surface area (Å²) in [6.07, 6.45) is 2.59. The lowest BCUT2D eigenvalue weighted by Crippen LogP contribution is -2.48. The zero-order valence-electron chi connectivity index (χ0n) is 16.6. The Kier molecular flexibility index (Phi) is 9.65. The van der Waals surface area contributed by atoms with Crippen molar-refractivity contribution in [2.24, 2.45) is 4.99 Å². The molecule has 7 heteroatoms. The summed E-state index contributed by atoms with van der Waals surface area (Å²) in [6, 6.07) is 14.8. The van der Waals surface area contributed by atoms with Crippen molar-refractivity contribution < 1.29 is 9.13 Å². The first-order chi connectivity index (χ1) is 13.6. The number of halogens is 3. The minimum Gasteiger partial charge on any atom is -0.381 e. The fourth-order valence-electron chi connectivity index (χ4n) is 3.64. The van der Waals surface area contributed by atoms with E-state index in [9.17, 15) is 4.39 Å². The molecular weight excluding hydrogens is 504 g/mol. The molecule has 0 spiro atoms. The third kappa shape index (κ3) is 6.83. The van der Waals surface area contributed by atoms with Gasteiger partial charge in [0.1, 0.15) is 5.82 Å². The van der Waals surface area contributed by atoms with Crippen LogP contribution in [0.15, 0.2) is 53.5 Å². The van der Waals surface area contributed by atoms with E-state index in [1.165, 1.54) is 11.6 Å². The highest BCUT2D eigenvalue weighted by Gasteiger charge is 2.34. The molecule has 2 N–H and O–H groups in total. The SMILES string of the molecule is CN=C(NCCc1cccc(F)c1)NCC1(c2cccc(Cl)c2)CCOCC1.I. The van der Waals surface area contributed by atoms with Crippen molar-refractivity contribution in [3.63, 3.8) is 0 Å². The van der Waals surface area contributed by atoms with Gasteiger partial charge in [0.15, 0.2) is 5.96 Å². The molecule has 1 aliphatic heterocycles. The average Bonchev–Trinajstić information content (AvgIpc) is 2.71. The maximum Gasteiger partial charge on any atom is 0.191 e. The fourth-order valence-corrected chi connectivity index (χ4v) is 3.83. The number of benzene rings is 2. The maximum absolute atomic E-state index is 13.3. The molecule has 0 saturated carbocycles. The second kappa shape index (κ2) is 11.7.